The van der Waals surface area contributed by atoms with Crippen LogP contribution >= 0.6 is 11.3 Å². The first-order valence-electron chi connectivity index (χ1n) is 8.04. The Bertz CT molecular complexity index is 843. The first-order valence-corrected chi connectivity index (χ1v) is 10.3. The van der Waals surface area contributed by atoms with Gasteiger partial charge in [-0.15, -0.1) is 10.2 Å². The third-order valence-electron chi connectivity index (χ3n) is 3.59. The van der Waals surface area contributed by atoms with E-state index in [4.69, 9.17) is 0 Å². The largest absolute Gasteiger partial charge is 0.296 e. The second kappa shape index (κ2) is 8.03. The van der Waals surface area contributed by atoms with Crippen molar-refractivity contribution >= 4 is 32.4 Å². The third-order valence-corrected chi connectivity index (χ3v) is 6.78. The summed E-state index contributed by atoms with van der Waals surface area (Å²) in [6.07, 6.45) is 0. The number of amides is 1. The molecule has 1 aromatic carbocycles. The van der Waals surface area contributed by atoms with Crippen LogP contribution in [0.25, 0.3) is 0 Å². The lowest BCUT2D eigenvalue weighted by Gasteiger charge is -2.18. The maximum Gasteiger partial charge on any atom is 0.257 e. The molecule has 1 amide bonds. The van der Waals surface area contributed by atoms with Gasteiger partial charge in [-0.3, -0.25) is 10.1 Å². The van der Waals surface area contributed by atoms with Crippen LogP contribution in [0.3, 0.4) is 0 Å². The quantitative estimate of drug-likeness (QED) is 0.795. The average Bonchev–Trinajstić information content (AvgIpc) is 3.04. The average molecular weight is 383 g/mol. The minimum absolute atomic E-state index is 0.101. The zero-order chi connectivity index (χ0) is 18.6. The molecule has 2 aromatic rings. The predicted octanol–water partition coefficient (Wildman–Crippen LogP) is 2.94. The number of hydrogen-bond donors (Lipinski definition) is 1. The zero-order valence-corrected chi connectivity index (χ0v) is 16.3. The van der Waals surface area contributed by atoms with Gasteiger partial charge >= 0.3 is 0 Å². The number of carbonyl (C=O) groups excluding carboxylic acids is 1. The first kappa shape index (κ1) is 19.5. The molecule has 0 bridgehead atoms. The Kier molecular flexibility index (Phi) is 6.26. The number of aromatic nitrogens is 2. The standard InChI is InChI=1S/C16H22N4O3S2/c1-5-20(6-2)25(22,23)13-9-7-8-12(10-13)14(21)17-16-19-18-15(24-16)11(3)4/h7-11H,5-6H2,1-4H3,(H,17,19,21). The molecule has 1 N–H and O–H groups in total. The number of nitrogens with zero attached hydrogens (tertiary/aromatic N) is 3. The van der Waals surface area contributed by atoms with Crippen LogP contribution in [0.1, 0.15) is 49.0 Å². The van der Waals surface area contributed by atoms with E-state index in [0.29, 0.717) is 18.2 Å². The van der Waals surface area contributed by atoms with Crippen molar-refractivity contribution in [3.63, 3.8) is 0 Å². The number of rotatable bonds is 7. The summed E-state index contributed by atoms with van der Waals surface area (Å²) >= 11 is 1.31. The van der Waals surface area contributed by atoms with E-state index in [0.717, 1.165) is 5.01 Å². The molecule has 0 aliphatic heterocycles. The van der Waals surface area contributed by atoms with Gasteiger partial charge in [0.15, 0.2) is 0 Å². The van der Waals surface area contributed by atoms with E-state index in [9.17, 15) is 13.2 Å². The highest BCUT2D eigenvalue weighted by Gasteiger charge is 2.22. The highest BCUT2D eigenvalue weighted by molar-refractivity contribution is 7.89. The van der Waals surface area contributed by atoms with Gasteiger partial charge in [0.25, 0.3) is 5.91 Å². The van der Waals surface area contributed by atoms with Crippen LogP contribution in [-0.4, -0.2) is 41.9 Å². The van der Waals surface area contributed by atoms with Crippen molar-refractivity contribution in [2.75, 3.05) is 18.4 Å². The van der Waals surface area contributed by atoms with Crippen LogP contribution in [0.2, 0.25) is 0 Å². The Hall–Kier alpha value is -1.84. The summed E-state index contributed by atoms with van der Waals surface area (Å²) < 4.78 is 26.5. The molecule has 0 spiro atoms. The summed E-state index contributed by atoms with van der Waals surface area (Å²) in [5.74, 6) is -0.186. The fraction of sp³-hybridized carbons (Fsp3) is 0.438. The van der Waals surface area contributed by atoms with E-state index in [1.807, 2.05) is 13.8 Å². The molecule has 0 aliphatic rings. The van der Waals surface area contributed by atoms with Crippen molar-refractivity contribution < 1.29 is 13.2 Å². The lowest BCUT2D eigenvalue weighted by Crippen LogP contribution is -2.30. The number of benzene rings is 1. The molecule has 0 saturated heterocycles. The molecule has 2 rings (SSSR count). The molecule has 25 heavy (non-hydrogen) atoms. The number of nitrogens with one attached hydrogen (secondary N) is 1. The van der Waals surface area contributed by atoms with Gasteiger partial charge in [0.2, 0.25) is 15.2 Å². The zero-order valence-electron chi connectivity index (χ0n) is 14.7. The van der Waals surface area contributed by atoms with Crippen molar-refractivity contribution in [3.05, 3.63) is 34.8 Å². The summed E-state index contributed by atoms with van der Waals surface area (Å²) in [5, 5.41) is 11.8. The topological polar surface area (TPSA) is 92.3 Å². The molecule has 0 saturated carbocycles. The highest BCUT2D eigenvalue weighted by atomic mass is 32.2. The summed E-state index contributed by atoms with van der Waals surface area (Å²) in [5.41, 5.74) is 0.259. The molecule has 9 heteroatoms. The predicted molar refractivity (Wildman–Crippen MR) is 98.5 cm³/mol. The van der Waals surface area contributed by atoms with Gasteiger partial charge in [-0.1, -0.05) is 45.1 Å². The van der Waals surface area contributed by atoms with Crippen LogP contribution in [-0.2, 0) is 10.0 Å². The van der Waals surface area contributed by atoms with E-state index >= 15 is 0 Å². The molecule has 136 valence electrons. The molecule has 7 nitrogen and oxygen atoms in total. The molecular weight excluding hydrogens is 360 g/mol. The Morgan fingerprint density at radius 3 is 2.48 bits per heavy atom. The van der Waals surface area contributed by atoms with Crippen molar-refractivity contribution in [1.82, 2.24) is 14.5 Å². The Morgan fingerprint density at radius 1 is 1.24 bits per heavy atom. The van der Waals surface area contributed by atoms with Gasteiger partial charge in [0.1, 0.15) is 5.01 Å². The van der Waals surface area contributed by atoms with Crippen LogP contribution in [0.5, 0.6) is 0 Å². The van der Waals surface area contributed by atoms with E-state index in [2.05, 4.69) is 15.5 Å². The van der Waals surface area contributed by atoms with Crippen molar-refractivity contribution in [1.29, 1.82) is 0 Å². The fourth-order valence-corrected chi connectivity index (χ4v) is 4.44. The number of hydrogen-bond acceptors (Lipinski definition) is 6. The number of sulfonamides is 1. The van der Waals surface area contributed by atoms with Crippen molar-refractivity contribution in [3.8, 4) is 0 Å². The molecule has 0 unspecified atom stereocenters. The van der Waals surface area contributed by atoms with Gasteiger partial charge in [0.05, 0.1) is 4.90 Å². The van der Waals surface area contributed by atoms with Gasteiger partial charge in [-0.05, 0) is 18.2 Å². The maximum atomic E-state index is 12.6. The first-order chi connectivity index (χ1) is 11.8. The SMILES string of the molecule is CCN(CC)S(=O)(=O)c1cccc(C(=O)Nc2nnc(C(C)C)s2)c1. The summed E-state index contributed by atoms with van der Waals surface area (Å²) in [4.78, 5) is 12.5. The summed E-state index contributed by atoms with van der Waals surface area (Å²) in [6.45, 7) is 8.29. The molecular formula is C16H22N4O3S2. The Labute approximate surface area is 152 Å². The van der Waals surface area contributed by atoms with Crippen LogP contribution < -0.4 is 5.32 Å². The molecule has 0 radical (unpaired) electrons. The van der Waals surface area contributed by atoms with E-state index in [1.54, 1.807) is 26.0 Å². The minimum atomic E-state index is -3.61. The monoisotopic (exact) mass is 382 g/mol. The van der Waals surface area contributed by atoms with Gasteiger partial charge in [-0.25, -0.2) is 8.42 Å². The molecule has 0 fully saturated rings. The fourth-order valence-electron chi connectivity index (χ4n) is 2.20. The van der Waals surface area contributed by atoms with Gasteiger partial charge in [0, 0.05) is 24.6 Å². The van der Waals surface area contributed by atoms with Crippen LogP contribution in [0.15, 0.2) is 29.2 Å². The molecule has 0 atom stereocenters. The number of carbonyl (C=O) groups is 1. The normalized spacial score (nSPS) is 11.9. The van der Waals surface area contributed by atoms with E-state index < -0.39 is 15.9 Å². The number of anilines is 1. The highest BCUT2D eigenvalue weighted by Crippen LogP contribution is 2.23. The smallest absolute Gasteiger partial charge is 0.257 e. The van der Waals surface area contributed by atoms with Crippen LogP contribution in [0, 0.1) is 0 Å². The molecule has 1 aromatic heterocycles. The minimum Gasteiger partial charge on any atom is -0.296 e. The van der Waals surface area contributed by atoms with Gasteiger partial charge < -0.3 is 0 Å². The second-order valence-corrected chi connectivity index (χ2v) is 8.62. The van der Waals surface area contributed by atoms with Crippen molar-refractivity contribution in [2.24, 2.45) is 0 Å². The second-order valence-electron chi connectivity index (χ2n) is 5.67. The Balaban J connectivity index is 2.24. The summed E-state index contributed by atoms with van der Waals surface area (Å²) in [6, 6.07) is 6.01. The Morgan fingerprint density at radius 2 is 1.92 bits per heavy atom. The maximum absolute atomic E-state index is 12.6. The van der Waals surface area contributed by atoms with Crippen LogP contribution in [0.4, 0.5) is 5.13 Å². The van der Waals surface area contributed by atoms with E-state index in [-0.39, 0.29) is 16.4 Å². The summed E-state index contributed by atoms with van der Waals surface area (Å²) in [7, 11) is -3.61. The third kappa shape index (κ3) is 4.42. The molecule has 1 heterocycles. The lowest BCUT2D eigenvalue weighted by atomic mass is 10.2. The van der Waals surface area contributed by atoms with Gasteiger partial charge in [-0.2, -0.15) is 4.31 Å². The lowest BCUT2D eigenvalue weighted by molar-refractivity contribution is 0.102. The molecule has 0 aliphatic carbocycles. The van der Waals surface area contributed by atoms with Crippen molar-refractivity contribution in [2.45, 2.75) is 38.5 Å². The van der Waals surface area contributed by atoms with E-state index in [1.165, 1.54) is 27.8 Å².